The van der Waals surface area contributed by atoms with Crippen LogP contribution in [0.3, 0.4) is 0 Å². The summed E-state index contributed by atoms with van der Waals surface area (Å²) in [6, 6.07) is 1.12. The molecule has 0 saturated heterocycles. The highest BCUT2D eigenvalue weighted by Gasteiger charge is 2.14. The molecule has 0 bridgehead atoms. The number of carboxylic acids is 2. The SMILES string of the molecule is O=C(O)c1cc2oc(C(=O)O)nc2cn1. The fourth-order valence-corrected chi connectivity index (χ4v) is 1.04. The van der Waals surface area contributed by atoms with E-state index in [4.69, 9.17) is 14.6 Å². The van der Waals surface area contributed by atoms with Crippen LogP contribution in [0.4, 0.5) is 0 Å². The van der Waals surface area contributed by atoms with Gasteiger partial charge in [0, 0.05) is 6.07 Å². The molecule has 2 N–H and O–H groups in total. The van der Waals surface area contributed by atoms with Gasteiger partial charge < -0.3 is 14.6 Å². The molecule has 2 aromatic heterocycles. The Kier molecular flexibility index (Phi) is 1.86. The van der Waals surface area contributed by atoms with Crippen LogP contribution >= 0.6 is 0 Å². The molecule has 0 fully saturated rings. The summed E-state index contributed by atoms with van der Waals surface area (Å²) >= 11 is 0. The van der Waals surface area contributed by atoms with Crippen molar-refractivity contribution in [3.05, 3.63) is 23.8 Å². The summed E-state index contributed by atoms with van der Waals surface area (Å²) in [7, 11) is 0. The number of fused-ring (bicyclic) bond motifs is 1. The van der Waals surface area contributed by atoms with Crippen molar-refractivity contribution >= 4 is 23.0 Å². The van der Waals surface area contributed by atoms with Crippen LogP contribution in [0.25, 0.3) is 11.1 Å². The third-order valence-corrected chi connectivity index (χ3v) is 1.68. The minimum Gasteiger partial charge on any atom is -0.477 e. The first-order chi connectivity index (χ1) is 7.08. The highest BCUT2D eigenvalue weighted by Crippen LogP contribution is 2.15. The molecule has 0 aromatic carbocycles. The van der Waals surface area contributed by atoms with Gasteiger partial charge in [-0.3, -0.25) is 0 Å². The van der Waals surface area contributed by atoms with E-state index in [-0.39, 0.29) is 16.8 Å². The van der Waals surface area contributed by atoms with Crippen molar-refractivity contribution in [3.8, 4) is 0 Å². The summed E-state index contributed by atoms with van der Waals surface area (Å²) in [5.74, 6) is -3.03. The van der Waals surface area contributed by atoms with Gasteiger partial charge in [0.05, 0.1) is 6.20 Å². The predicted molar refractivity (Wildman–Crippen MR) is 45.7 cm³/mol. The second-order valence-electron chi connectivity index (χ2n) is 2.67. The molecule has 0 aliphatic rings. The van der Waals surface area contributed by atoms with Crippen LogP contribution in [0.5, 0.6) is 0 Å². The zero-order valence-electron chi connectivity index (χ0n) is 7.17. The number of hydrogen-bond acceptors (Lipinski definition) is 5. The average Bonchev–Trinajstić information content (AvgIpc) is 2.59. The first-order valence-electron chi connectivity index (χ1n) is 3.81. The lowest BCUT2D eigenvalue weighted by molar-refractivity contribution is 0.0654. The third kappa shape index (κ3) is 1.50. The first kappa shape index (κ1) is 9.13. The molecule has 0 saturated carbocycles. The minimum absolute atomic E-state index is 0.0831. The number of hydrogen-bond donors (Lipinski definition) is 2. The van der Waals surface area contributed by atoms with Gasteiger partial charge in [0.1, 0.15) is 5.52 Å². The Morgan fingerprint density at radius 1 is 1.27 bits per heavy atom. The zero-order chi connectivity index (χ0) is 11.0. The Bertz CT molecular complexity index is 547. The summed E-state index contributed by atoms with van der Waals surface area (Å²) in [6.45, 7) is 0. The highest BCUT2D eigenvalue weighted by molar-refractivity contribution is 5.91. The number of pyridine rings is 1. The lowest BCUT2D eigenvalue weighted by Gasteiger charge is -1.90. The van der Waals surface area contributed by atoms with E-state index in [1.807, 2.05) is 0 Å². The predicted octanol–water partition coefficient (Wildman–Crippen LogP) is 0.619. The van der Waals surface area contributed by atoms with Crippen LogP contribution in [-0.4, -0.2) is 32.1 Å². The topological polar surface area (TPSA) is 114 Å². The Hall–Kier alpha value is -2.44. The van der Waals surface area contributed by atoms with E-state index in [0.717, 1.165) is 12.3 Å². The summed E-state index contributed by atoms with van der Waals surface area (Å²) in [5, 5.41) is 17.2. The van der Waals surface area contributed by atoms with E-state index in [1.54, 1.807) is 0 Å². The summed E-state index contributed by atoms with van der Waals surface area (Å²) in [6.07, 6.45) is 1.15. The molecule has 2 aromatic rings. The van der Waals surface area contributed by atoms with E-state index in [0.29, 0.717) is 0 Å². The van der Waals surface area contributed by atoms with Gasteiger partial charge in [0.2, 0.25) is 0 Å². The molecule has 0 unspecified atom stereocenters. The van der Waals surface area contributed by atoms with E-state index in [9.17, 15) is 9.59 Å². The molecule has 2 heterocycles. The van der Waals surface area contributed by atoms with Gasteiger partial charge in [0.25, 0.3) is 0 Å². The Morgan fingerprint density at radius 2 is 2.00 bits per heavy atom. The average molecular weight is 208 g/mol. The van der Waals surface area contributed by atoms with Gasteiger partial charge in [-0.15, -0.1) is 0 Å². The van der Waals surface area contributed by atoms with Crippen molar-refractivity contribution in [2.45, 2.75) is 0 Å². The monoisotopic (exact) mass is 208 g/mol. The molecule has 76 valence electrons. The lowest BCUT2D eigenvalue weighted by atomic mass is 10.3. The molecule has 0 radical (unpaired) electrons. The summed E-state index contributed by atoms with van der Waals surface area (Å²) in [4.78, 5) is 28.2. The van der Waals surface area contributed by atoms with Crippen molar-refractivity contribution in [2.75, 3.05) is 0 Å². The zero-order valence-corrected chi connectivity index (χ0v) is 7.17. The maximum Gasteiger partial charge on any atom is 0.392 e. The molecule has 0 aliphatic heterocycles. The smallest absolute Gasteiger partial charge is 0.392 e. The first-order valence-corrected chi connectivity index (χ1v) is 3.81. The van der Waals surface area contributed by atoms with E-state index < -0.39 is 17.8 Å². The standard InChI is InChI=1S/C8H4N2O5/c11-7(12)3-1-5-4(2-9-3)10-6(15-5)8(13)14/h1-2H,(H,11,12)(H,13,14). The van der Waals surface area contributed by atoms with Crippen LogP contribution in [-0.2, 0) is 0 Å². The number of aromatic nitrogens is 2. The van der Waals surface area contributed by atoms with Crippen molar-refractivity contribution in [3.63, 3.8) is 0 Å². The maximum absolute atomic E-state index is 10.5. The van der Waals surface area contributed by atoms with Gasteiger partial charge in [-0.05, 0) is 0 Å². The second-order valence-corrected chi connectivity index (χ2v) is 2.67. The Labute approximate surface area is 82.0 Å². The van der Waals surface area contributed by atoms with Crippen LogP contribution in [0.2, 0.25) is 0 Å². The Balaban J connectivity index is 2.62. The highest BCUT2D eigenvalue weighted by atomic mass is 16.4. The quantitative estimate of drug-likeness (QED) is 0.743. The van der Waals surface area contributed by atoms with Gasteiger partial charge in [-0.25, -0.2) is 19.6 Å². The number of carbonyl (C=O) groups is 2. The van der Waals surface area contributed by atoms with Crippen molar-refractivity contribution in [1.29, 1.82) is 0 Å². The molecule has 0 spiro atoms. The molecule has 15 heavy (non-hydrogen) atoms. The van der Waals surface area contributed by atoms with Gasteiger partial charge in [-0.1, -0.05) is 0 Å². The molecule has 0 amide bonds. The van der Waals surface area contributed by atoms with Gasteiger partial charge >= 0.3 is 17.8 Å². The summed E-state index contributed by atoms with van der Waals surface area (Å²) < 4.78 is 4.81. The second kappa shape index (κ2) is 3.05. The fourth-order valence-electron chi connectivity index (χ4n) is 1.04. The number of rotatable bonds is 2. The maximum atomic E-state index is 10.5. The van der Waals surface area contributed by atoms with E-state index >= 15 is 0 Å². The molecule has 7 heteroatoms. The lowest BCUT2D eigenvalue weighted by Crippen LogP contribution is -1.98. The van der Waals surface area contributed by atoms with Crippen LogP contribution in [0, 0.1) is 0 Å². The molecule has 0 aliphatic carbocycles. The Morgan fingerprint density at radius 3 is 2.60 bits per heavy atom. The van der Waals surface area contributed by atoms with Crippen molar-refractivity contribution < 1.29 is 24.2 Å². The summed E-state index contributed by atoms with van der Waals surface area (Å²) in [5.41, 5.74) is 0.0628. The molecule has 0 atom stereocenters. The van der Waals surface area contributed by atoms with Crippen molar-refractivity contribution in [1.82, 2.24) is 9.97 Å². The third-order valence-electron chi connectivity index (χ3n) is 1.68. The molecule has 7 nitrogen and oxygen atoms in total. The number of nitrogens with zero attached hydrogens (tertiary/aromatic N) is 2. The normalized spacial score (nSPS) is 10.4. The minimum atomic E-state index is -1.32. The molecular formula is C8H4N2O5. The number of aromatic carboxylic acids is 2. The van der Waals surface area contributed by atoms with Crippen LogP contribution < -0.4 is 0 Å². The molecular weight excluding hydrogens is 204 g/mol. The molecule has 2 rings (SSSR count). The fraction of sp³-hybridized carbons (Fsp3) is 0. The van der Waals surface area contributed by atoms with Gasteiger partial charge in [0.15, 0.2) is 11.3 Å². The van der Waals surface area contributed by atoms with Gasteiger partial charge in [-0.2, -0.15) is 0 Å². The van der Waals surface area contributed by atoms with Crippen LogP contribution in [0.15, 0.2) is 16.7 Å². The van der Waals surface area contributed by atoms with E-state index in [2.05, 4.69) is 9.97 Å². The number of carboxylic acid groups (broad SMARTS) is 2. The largest absolute Gasteiger partial charge is 0.477 e. The van der Waals surface area contributed by atoms with Crippen LogP contribution in [0.1, 0.15) is 21.2 Å². The van der Waals surface area contributed by atoms with E-state index in [1.165, 1.54) is 0 Å². The number of oxazole rings is 1. The van der Waals surface area contributed by atoms with Crippen molar-refractivity contribution in [2.24, 2.45) is 0 Å².